The van der Waals surface area contributed by atoms with Crippen molar-refractivity contribution in [3.05, 3.63) is 42.0 Å². The number of hydrogen-bond donors (Lipinski definition) is 0. The molecule has 1 aliphatic carbocycles. The van der Waals surface area contributed by atoms with Crippen molar-refractivity contribution in [3.8, 4) is 5.75 Å². The summed E-state index contributed by atoms with van der Waals surface area (Å²) < 4.78 is 10.8. The van der Waals surface area contributed by atoms with Crippen LogP contribution >= 0.6 is 23.0 Å². The number of ether oxygens (including phenoxy) is 1. The number of hydrogen-bond acceptors (Lipinski definition) is 3. The topological polar surface area (TPSA) is 35.5 Å². The van der Waals surface area contributed by atoms with Crippen LogP contribution in [0, 0.1) is 5.92 Å². The lowest BCUT2D eigenvalue weighted by atomic mass is 9.89. The zero-order valence-electron chi connectivity index (χ0n) is 12.5. The molecule has 0 radical (unpaired) electrons. The summed E-state index contributed by atoms with van der Waals surface area (Å²) in [5.74, 6) is 1.42. The first-order valence-corrected chi connectivity index (χ1v) is 8.57. The fraction of sp³-hybridized carbons (Fsp3) is 0.389. The van der Waals surface area contributed by atoms with Crippen molar-refractivity contribution in [2.75, 3.05) is 0 Å². The Bertz CT molecular complexity index is 675. The summed E-state index contributed by atoms with van der Waals surface area (Å²) in [5.41, 5.74) is 0.567. The van der Waals surface area contributed by atoms with E-state index in [9.17, 15) is 4.79 Å². The van der Waals surface area contributed by atoms with Crippen LogP contribution in [0.3, 0.4) is 0 Å². The normalized spacial score (nSPS) is 21.5. The molecule has 2 aromatic rings. The molecule has 1 saturated carbocycles. The summed E-state index contributed by atoms with van der Waals surface area (Å²) in [7, 11) is 0. The third-order valence-corrected chi connectivity index (χ3v) is 4.78. The van der Waals surface area contributed by atoms with E-state index in [1.54, 1.807) is 29.1 Å². The van der Waals surface area contributed by atoms with Crippen LogP contribution in [-0.2, 0) is 3.07 Å². The largest absolute Gasteiger partial charge is 0.490 e. The maximum atomic E-state index is 11.6. The van der Waals surface area contributed by atoms with Crippen molar-refractivity contribution in [1.29, 1.82) is 0 Å². The van der Waals surface area contributed by atoms with Gasteiger partial charge in [-0.15, -0.1) is 0 Å². The van der Waals surface area contributed by atoms with Gasteiger partial charge >= 0.3 is 5.97 Å². The van der Waals surface area contributed by atoms with E-state index in [0.717, 1.165) is 35.3 Å². The minimum Gasteiger partial charge on any atom is -0.490 e. The highest BCUT2D eigenvalue weighted by Gasteiger charge is 2.19. The Morgan fingerprint density at radius 2 is 1.73 bits per heavy atom. The lowest BCUT2D eigenvalue weighted by molar-refractivity contribution is 0.0800. The van der Waals surface area contributed by atoms with E-state index in [0.29, 0.717) is 11.7 Å². The van der Waals surface area contributed by atoms with Gasteiger partial charge in [0.2, 0.25) is 0 Å². The Labute approximate surface area is 144 Å². The summed E-state index contributed by atoms with van der Waals surface area (Å²) >= 11 is 1.61. The highest BCUT2D eigenvalue weighted by Crippen LogP contribution is 2.29. The first kappa shape index (κ1) is 15.6. The van der Waals surface area contributed by atoms with Crippen LogP contribution in [0.25, 0.3) is 10.8 Å². The summed E-state index contributed by atoms with van der Waals surface area (Å²) in [6.07, 6.45) is 5.11. The molecule has 3 nitrogen and oxygen atoms in total. The zero-order valence-corrected chi connectivity index (χ0v) is 14.7. The van der Waals surface area contributed by atoms with E-state index in [1.165, 1.54) is 12.8 Å². The first-order valence-electron chi connectivity index (χ1n) is 7.69. The van der Waals surface area contributed by atoms with E-state index in [2.05, 4.69) is 6.92 Å². The number of rotatable bonds is 3. The van der Waals surface area contributed by atoms with Gasteiger partial charge in [-0.2, -0.15) is 0 Å². The molecule has 1 fully saturated rings. The van der Waals surface area contributed by atoms with Crippen molar-refractivity contribution < 1.29 is 12.6 Å². The summed E-state index contributed by atoms with van der Waals surface area (Å²) in [4.78, 5) is 11.6. The maximum absolute atomic E-state index is 11.6. The Balaban J connectivity index is 1.77. The standard InChI is InChI=1S/C18H19IO3/c1-12-2-7-16(8-3-12)21-17-9-6-13-10-15(18(20)22-19)5-4-14(13)11-17/h4-6,9-12,16H,2-3,7-8H2,1H3. The van der Waals surface area contributed by atoms with Gasteiger partial charge in [0, 0.05) is 0 Å². The average molecular weight is 410 g/mol. The summed E-state index contributed by atoms with van der Waals surface area (Å²) in [6.45, 7) is 2.31. The predicted octanol–water partition coefficient (Wildman–Crippen LogP) is 5.30. The van der Waals surface area contributed by atoms with E-state index in [1.807, 2.05) is 30.3 Å². The molecule has 0 unspecified atom stereocenters. The molecule has 22 heavy (non-hydrogen) atoms. The fourth-order valence-corrected chi connectivity index (χ4v) is 3.26. The quantitative estimate of drug-likeness (QED) is 0.644. The monoisotopic (exact) mass is 410 g/mol. The minimum absolute atomic E-state index is 0.320. The highest BCUT2D eigenvalue weighted by molar-refractivity contribution is 14.1. The van der Waals surface area contributed by atoms with Crippen LogP contribution in [0.15, 0.2) is 36.4 Å². The van der Waals surface area contributed by atoms with Gasteiger partial charge in [0.1, 0.15) is 5.75 Å². The van der Waals surface area contributed by atoms with Gasteiger partial charge in [-0.3, -0.25) is 0 Å². The van der Waals surface area contributed by atoms with Gasteiger partial charge in [-0.1, -0.05) is 19.1 Å². The van der Waals surface area contributed by atoms with Crippen LogP contribution in [0.4, 0.5) is 0 Å². The van der Waals surface area contributed by atoms with Gasteiger partial charge in [0.05, 0.1) is 11.7 Å². The third kappa shape index (κ3) is 3.54. The number of fused-ring (bicyclic) bond motifs is 1. The highest BCUT2D eigenvalue weighted by atomic mass is 127. The smallest absolute Gasteiger partial charge is 0.347 e. The molecule has 116 valence electrons. The van der Waals surface area contributed by atoms with Crippen molar-refractivity contribution in [2.45, 2.75) is 38.7 Å². The molecule has 0 heterocycles. The molecule has 0 aliphatic heterocycles. The van der Waals surface area contributed by atoms with E-state index in [-0.39, 0.29) is 5.97 Å². The molecule has 0 N–H and O–H groups in total. The number of halogens is 1. The molecule has 4 heteroatoms. The van der Waals surface area contributed by atoms with Crippen LogP contribution < -0.4 is 4.74 Å². The third-order valence-electron chi connectivity index (χ3n) is 4.38. The second-order valence-electron chi connectivity index (χ2n) is 6.09. The molecule has 0 amide bonds. The van der Waals surface area contributed by atoms with E-state index < -0.39 is 0 Å². The molecule has 0 aromatic heterocycles. The molecule has 3 rings (SSSR count). The van der Waals surface area contributed by atoms with Gasteiger partial charge in [-0.05, 0) is 66.6 Å². The van der Waals surface area contributed by atoms with Crippen molar-refractivity contribution >= 4 is 39.7 Å². The van der Waals surface area contributed by atoms with Crippen molar-refractivity contribution in [2.24, 2.45) is 5.92 Å². The number of benzene rings is 2. The number of carbonyl (C=O) groups excluding carboxylic acids is 1. The van der Waals surface area contributed by atoms with Gasteiger partial charge in [-0.25, -0.2) is 4.79 Å². The second-order valence-corrected chi connectivity index (χ2v) is 6.53. The zero-order chi connectivity index (χ0) is 15.5. The molecule has 1 aliphatic rings. The average Bonchev–Trinajstić information content (AvgIpc) is 2.55. The Morgan fingerprint density at radius 3 is 2.45 bits per heavy atom. The summed E-state index contributed by atoms with van der Waals surface area (Å²) in [6, 6.07) is 11.6. The molecular formula is C18H19IO3. The maximum Gasteiger partial charge on any atom is 0.347 e. The predicted molar refractivity (Wildman–Crippen MR) is 95.4 cm³/mol. The lowest BCUT2D eigenvalue weighted by Gasteiger charge is -2.27. The lowest BCUT2D eigenvalue weighted by Crippen LogP contribution is -2.22. The number of carbonyl (C=O) groups is 1. The van der Waals surface area contributed by atoms with Crippen LogP contribution in [0.2, 0.25) is 0 Å². The Hall–Kier alpha value is -1.30. The van der Waals surface area contributed by atoms with Gasteiger partial charge in [0.15, 0.2) is 23.0 Å². The molecular weight excluding hydrogens is 391 g/mol. The molecule has 0 saturated heterocycles. The fourth-order valence-electron chi connectivity index (χ4n) is 3.01. The van der Waals surface area contributed by atoms with Crippen molar-refractivity contribution in [1.82, 2.24) is 0 Å². The Morgan fingerprint density at radius 1 is 1.05 bits per heavy atom. The minimum atomic E-state index is -0.320. The molecule has 0 atom stereocenters. The molecule has 0 bridgehead atoms. The van der Waals surface area contributed by atoms with E-state index >= 15 is 0 Å². The first-order chi connectivity index (χ1) is 10.7. The summed E-state index contributed by atoms with van der Waals surface area (Å²) in [5, 5.41) is 2.09. The van der Waals surface area contributed by atoms with E-state index in [4.69, 9.17) is 7.80 Å². The second kappa shape index (κ2) is 6.86. The SMILES string of the molecule is CC1CCC(Oc2ccc3cc(C(=O)OI)ccc3c2)CC1. The van der Waals surface area contributed by atoms with Gasteiger partial charge < -0.3 is 7.80 Å². The molecule has 2 aromatic carbocycles. The van der Waals surface area contributed by atoms with Crippen molar-refractivity contribution in [3.63, 3.8) is 0 Å². The van der Waals surface area contributed by atoms with Crippen LogP contribution in [0.1, 0.15) is 43.0 Å². The Kier molecular flexibility index (Phi) is 4.86. The van der Waals surface area contributed by atoms with Crippen LogP contribution in [-0.4, -0.2) is 12.1 Å². The molecule has 0 spiro atoms. The van der Waals surface area contributed by atoms with Gasteiger partial charge in [0.25, 0.3) is 0 Å². The van der Waals surface area contributed by atoms with Crippen LogP contribution in [0.5, 0.6) is 5.75 Å².